The molecule has 1 aliphatic carbocycles. The molecule has 1 fully saturated rings. The zero-order valence-corrected chi connectivity index (χ0v) is 14.6. The van der Waals surface area contributed by atoms with Gasteiger partial charge in [-0.1, -0.05) is 18.2 Å². The van der Waals surface area contributed by atoms with E-state index in [4.69, 9.17) is 4.74 Å². The van der Waals surface area contributed by atoms with E-state index in [0.717, 1.165) is 18.4 Å². The number of carbonyl (C=O) groups excluding carboxylic acids is 2. The maximum Gasteiger partial charge on any atom is 0.235 e. The Labute approximate surface area is 147 Å². The Morgan fingerprint density at radius 2 is 1.88 bits per heavy atom. The Morgan fingerprint density at radius 1 is 1.16 bits per heavy atom. The highest BCUT2D eigenvalue weighted by Gasteiger charge is 2.56. The molecule has 3 rings (SSSR count). The van der Waals surface area contributed by atoms with Gasteiger partial charge in [0.15, 0.2) is 0 Å². The summed E-state index contributed by atoms with van der Waals surface area (Å²) in [7, 11) is 1.63. The molecule has 2 amide bonds. The fraction of sp³-hybridized carbons (Fsp3) is 0.474. The van der Waals surface area contributed by atoms with Crippen LogP contribution in [0.4, 0.5) is 0 Å². The van der Waals surface area contributed by atoms with Crippen LogP contribution in [0.2, 0.25) is 0 Å². The van der Waals surface area contributed by atoms with Crippen LogP contribution in [0, 0.1) is 5.41 Å². The molecule has 1 aromatic carbocycles. The van der Waals surface area contributed by atoms with Crippen molar-refractivity contribution in [2.24, 2.45) is 5.41 Å². The van der Waals surface area contributed by atoms with E-state index in [9.17, 15) is 9.59 Å². The first-order chi connectivity index (χ1) is 12.2. The maximum absolute atomic E-state index is 12.4. The standard InChI is InChI=1S/C19H25N3O3/c1-25-12-4-10-20-17(23)19(8-9-19)18(24)21-11-7-14-13-22-16-6-3-2-5-15(14)16/h2-3,5-6,13,22H,4,7-12H2,1H3,(H,20,23)(H,21,24). The van der Waals surface area contributed by atoms with Gasteiger partial charge in [0, 0.05) is 43.9 Å². The second-order valence-electron chi connectivity index (χ2n) is 6.55. The summed E-state index contributed by atoms with van der Waals surface area (Å²) < 4.78 is 4.96. The molecule has 1 aliphatic rings. The van der Waals surface area contributed by atoms with Crippen LogP contribution in [-0.4, -0.2) is 43.6 Å². The van der Waals surface area contributed by atoms with Gasteiger partial charge in [0.1, 0.15) is 5.41 Å². The second kappa shape index (κ2) is 7.70. The Balaban J connectivity index is 1.48. The number of ether oxygens (including phenoxy) is 1. The number of hydrogen-bond donors (Lipinski definition) is 3. The number of hydrogen-bond acceptors (Lipinski definition) is 3. The SMILES string of the molecule is COCCCNC(=O)C1(C(=O)NCCc2c[nH]c3ccccc23)CC1. The Bertz CT molecular complexity index is 749. The quantitative estimate of drug-likeness (QED) is 0.479. The molecule has 1 saturated carbocycles. The molecule has 25 heavy (non-hydrogen) atoms. The number of fused-ring (bicyclic) bond motifs is 1. The van der Waals surface area contributed by atoms with Crippen LogP contribution in [-0.2, 0) is 20.7 Å². The van der Waals surface area contributed by atoms with Gasteiger partial charge in [-0.2, -0.15) is 0 Å². The highest BCUT2D eigenvalue weighted by atomic mass is 16.5. The Hall–Kier alpha value is -2.34. The minimum Gasteiger partial charge on any atom is -0.385 e. The molecule has 2 aromatic rings. The van der Waals surface area contributed by atoms with Gasteiger partial charge in [0.2, 0.25) is 11.8 Å². The highest BCUT2D eigenvalue weighted by Crippen LogP contribution is 2.46. The van der Waals surface area contributed by atoms with E-state index >= 15 is 0 Å². The van der Waals surface area contributed by atoms with Crippen LogP contribution < -0.4 is 10.6 Å². The minimum absolute atomic E-state index is 0.156. The number of para-hydroxylation sites is 1. The lowest BCUT2D eigenvalue weighted by molar-refractivity contribution is -0.137. The molecule has 0 radical (unpaired) electrons. The summed E-state index contributed by atoms with van der Waals surface area (Å²) in [6.45, 7) is 1.67. The fourth-order valence-electron chi connectivity index (χ4n) is 3.09. The third-order valence-electron chi connectivity index (χ3n) is 4.78. The Kier molecular flexibility index (Phi) is 5.38. The fourth-order valence-corrected chi connectivity index (χ4v) is 3.09. The summed E-state index contributed by atoms with van der Waals surface area (Å²) in [4.78, 5) is 28.0. The number of benzene rings is 1. The average Bonchev–Trinajstić information content (AvgIpc) is 3.35. The predicted molar refractivity (Wildman–Crippen MR) is 96.2 cm³/mol. The van der Waals surface area contributed by atoms with Crippen LogP contribution in [0.25, 0.3) is 10.9 Å². The largest absolute Gasteiger partial charge is 0.385 e. The van der Waals surface area contributed by atoms with E-state index in [1.165, 1.54) is 10.9 Å². The van der Waals surface area contributed by atoms with Gasteiger partial charge < -0.3 is 20.4 Å². The van der Waals surface area contributed by atoms with Crippen LogP contribution in [0.1, 0.15) is 24.8 Å². The molecule has 0 saturated heterocycles. The summed E-state index contributed by atoms with van der Waals surface area (Å²) in [5, 5.41) is 6.95. The van der Waals surface area contributed by atoms with Gasteiger partial charge in [0.25, 0.3) is 0 Å². The molecule has 1 heterocycles. The summed E-state index contributed by atoms with van der Waals surface area (Å²) >= 11 is 0. The van der Waals surface area contributed by atoms with Gasteiger partial charge >= 0.3 is 0 Å². The summed E-state index contributed by atoms with van der Waals surface area (Å²) in [6.07, 6.45) is 4.72. The minimum atomic E-state index is -0.854. The molecule has 1 aromatic heterocycles. The van der Waals surface area contributed by atoms with Crippen molar-refractivity contribution in [3.63, 3.8) is 0 Å². The van der Waals surface area contributed by atoms with Crippen LogP contribution in [0.15, 0.2) is 30.5 Å². The summed E-state index contributed by atoms with van der Waals surface area (Å²) in [5.74, 6) is -0.315. The number of nitrogens with one attached hydrogen (secondary N) is 3. The van der Waals surface area contributed by atoms with E-state index in [1.54, 1.807) is 7.11 Å². The van der Waals surface area contributed by atoms with Crippen molar-refractivity contribution in [1.82, 2.24) is 15.6 Å². The van der Waals surface area contributed by atoms with Crippen LogP contribution >= 0.6 is 0 Å². The van der Waals surface area contributed by atoms with Crippen LogP contribution in [0.3, 0.4) is 0 Å². The van der Waals surface area contributed by atoms with E-state index in [0.29, 0.717) is 32.5 Å². The molecule has 134 valence electrons. The van der Waals surface area contributed by atoms with Crippen molar-refractivity contribution in [2.75, 3.05) is 26.8 Å². The van der Waals surface area contributed by atoms with Gasteiger partial charge in [-0.05, 0) is 37.3 Å². The number of carbonyl (C=O) groups is 2. The molecule has 0 bridgehead atoms. The van der Waals surface area contributed by atoms with Gasteiger partial charge in [-0.15, -0.1) is 0 Å². The number of rotatable bonds is 9. The number of methoxy groups -OCH3 is 1. The molecule has 0 unspecified atom stereocenters. The van der Waals surface area contributed by atoms with Crippen LogP contribution in [0.5, 0.6) is 0 Å². The Morgan fingerprint density at radius 3 is 2.60 bits per heavy atom. The van der Waals surface area contributed by atoms with Crippen molar-refractivity contribution < 1.29 is 14.3 Å². The molecule has 3 N–H and O–H groups in total. The molecule has 0 spiro atoms. The highest BCUT2D eigenvalue weighted by molar-refractivity contribution is 6.07. The molecule has 0 atom stereocenters. The topological polar surface area (TPSA) is 83.2 Å². The molecule has 6 heteroatoms. The average molecular weight is 343 g/mol. The third kappa shape index (κ3) is 3.85. The lowest BCUT2D eigenvalue weighted by Crippen LogP contribution is -2.44. The van der Waals surface area contributed by atoms with Crippen molar-refractivity contribution in [1.29, 1.82) is 0 Å². The number of H-pyrrole nitrogens is 1. The first kappa shape index (κ1) is 17.5. The van der Waals surface area contributed by atoms with Crippen molar-refractivity contribution in [3.8, 4) is 0 Å². The van der Waals surface area contributed by atoms with Gasteiger partial charge in [0.05, 0.1) is 0 Å². The molecular weight excluding hydrogens is 318 g/mol. The lowest BCUT2D eigenvalue weighted by Gasteiger charge is -2.15. The molecule has 6 nitrogen and oxygen atoms in total. The predicted octanol–water partition coefficient (Wildman–Crippen LogP) is 1.76. The first-order valence-corrected chi connectivity index (χ1v) is 8.78. The maximum atomic E-state index is 12.4. The smallest absolute Gasteiger partial charge is 0.235 e. The third-order valence-corrected chi connectivity index (χ3v) is 4.78. The van der Waals surface area contributed by atoms with E-state index in [1.807, 2.05) is 24.4 Å². The van der Waals surface area contributed by atoms with Crippen molar-refractivity contribution >= 4 is 22.7 Å². The number of amides is 2. The summed E-state index contributed by atoms with van der Waals surface area (Å²) in [6, 6.07) is 8.10. The van der Waals surface area contributed by atoms with Gasteiger partial charge in [-0.25, -0.2) is 0 Å². The van der Waals surface area contributed by atoms with E-state index in [2.05, 4.69) is 21.7 Å². The van der Waals surface area contributed by atoms with Crippen molar-refractivity contribution in [3.05, 3.63) is 36.0 Å². The number of aromatic nitrogens is 1. The number of aromatic amines is 1. The zero-order valence-electron chi connectivity index (χ0n) is 14.6. The lowest BCUT2D eigenvalue weighted by atomic mass is 10.0. The van der Waals surface area contributed by atoms with Crippen molar-refractivity contribution in [2.45, 2.75) is 25.7 Å². The molecule has 0 aliphatic heterocycles. The normalized spacial score (nSPS) is 15.1. The van der Waals surface area contributed by atoms with E-state index in [-0.39, 0.29) is 11.8 Å². The second-order valence-corrected chi connectivity index (χ2v) is 6.55. The molecular formula is C19H25N3O3. The zero-order chi connectivity index (χ0) is 17.7. The van der Waals surface area contributed by atoms with Gasteiger partial charge in [-0.3, -0.25) is 9.59 Å². The monoisotopic (exact) mass is 343 g/mol. The first-order valence-electron chi connectivity index (χ1n) is 8.78. The van der Waals surface area contributed by atoms with E-state index < -0.39 is 5.41 Å². The summed E-state index contributed by atoms with van der Waals surface area (Å²) in [5.41, 5.74) is 1.41.